The molecule has 1 aliphatic rings. The Bertz CT molecular complexity index is 3660. The number of hydrogen-bond donors (Lipinski definition) is 7. The number of guanidine groups is 1. The monoisotopic (exact) mass is 1220 g/mol. The zero-order valence-electron chi connectivity index (χ0n) is 51.6. The molecule has 0 unspecified atom stereocenters. The Morgan fingerprint density at radius 3 is 1.90 bits per heavy atom. The number of hydrogen-bond acceptors (Lipinski definition) is 13. The molecule has 0 spiro atoms. The number of sulfonamides is 1. The van der Waals surface area contributed by atoms with Gasteiger partial charge in [-0.2, -0.15) is 0 Å². The van der Waals surface area contributed by atoms with E-state index >= 15 is 0 Å². The summed E-state index contributed by atoms with van der Waals surface area (Å²) in [5.74, 6) is -1.85. The fraction of sp³-hybridized carbons (Fsp3) is 0.382. The van der Waals surface area contributed by atoms with Crippen LogP contribution in [0.2, 0.25) is 0 Å². The number of esters is 1. The van der Waals surface area contributed by atoms with Crippen molar-refractivity contribution < 1.29 is 56.1 Å². The third-order valence-corrected chi connectivity index (χ3v) is 16.6. The first-order valence-electron chi connectivity index (χ1n) is 29.7. The number of rotatable bonds is 28. The van der Waals surface area contributed by atoms with Crippen LogP contribution in [-0.2, 0) is 51.7 Å². The van der Waals surface area contributed by atoms with Gasteiger partial charge in [-0.15, -0.1) is 6.58 Å². The van der Waals surface area contributed by atoms with E-state index in [1.165, 1.54) is 6.08 Å². The van der Waals surface area contributed by atoms with Crippen molar-refractivity contribution in [1.82, 2.24) is 31.3 Å². The van der Waals surface area contributed by atoms with Gasteiger partial charge in [0, 0.05) is 24.2 Å². The highest BCUT2D eigenvalue weighted by Gasteiger charge is 2.35. The second-order valence-electron chi connectivity index (χ2n) is 23.4. The molecule has 0 bridgehead atoms. The smallest absolute Gasteiger partial charge is 0.407 e. The molecule has 6 aromatic carbocycles. The molecule has 0 aromatic heterocycles. The molecule has 19 nitrogen and oxygen atoms in total. The highest BCUT2D eigenvalue weighted by atomic mass is 32.2. The largest absolute Gasteiger partial charge is 0.489 e. The van der Waals surface area contributed by atoms with E-state index in [1.807, 2.05) is 93.6 Å². The van der Waals surface area contributed by atoms with Crippen molar-refractivity contribution in [3.63, 3.8) is 0 Å². The standard InChI is InChI=1S/C68H83N7O12S/c1-11-23-54(64(79)85-41-46-24-14-13-15-25-46)74-63(78)53(31-22-39-70-65(69)75-88(81,82)61-44(4)43(3)60-49(45(61)5)36-37-68(9,10)86-60)73-62(77)52(30-20-21-38-71-66(80)87-67(6,7)8)72-57(76)42-84-56-35-33-48-27-17-19-29-51(48)59(56)58-50-28-18-16-26-47(50)32-34-55(58)83-40-12-2/h11-19,24-29,32-35,52-54H,1-2,20-23,30-31,36-42H2,3-10H3,(H,71,80)(H,72,76)(H,73,77)(H,74,78)(H3,69,70,75)/t52-,53-,54+/m1/s1. The summed E-state index contributed by atoms with van der Waals surface area (Å²) in [6.07, 6.45) is 4.48. The number of alkyl carbamates (subject to hydrolysis) is 1. The Hall–Kier alpha value is -8.91. The Kier molecular flexibility index (Phi) is 22.8. The molecule has 0 saturated carbocycles. The lowest BCUT2D eigenvalue weighted by Gasteiger charge is -2.35. The van der Waals surface area contributed by atoms with Gasteiger partial charge >= 0.3 is 12.1 Å². The van der Waals surface area contributed by atoms with Crippen LogP contribution in [0.4, 0.5) is 4.79 Å². The summed E-state index contributed by atoms with van der Waals surface area (Å²) < 4.78 is 60.4. The molecule has 0 radical (unpaired) electrons. The minimum atomic E-state index is -4.28. The molecule has 3 atom stereocenters. The number of carbonyl (C=O) groups excluding carboxylic acids is 5. The van der Waals surface area contributed by atoms with Crippen molar-refractivity contribution in [3.05, 3.63) is 156 Å². The molecule has 468 valence electrons. The van der Waals surface area contributed by atoms with E-state index in [-0.39, 0.29) is 56.9 Å². The topological polar surface area (TPSA) is 262 Å². The second-order valence-corrected chi connectivity index (χ2v) is 25.0. The van der Waals surface area contributed by atoms with Crippen molar-refractivity contribution in [2.75, 3.05) is 26.3 Å². The lowest BCUT2D eigenvalue weighted by atomic mass is 9.88. The zero-order chi connectivity index (χ0) is 63.8. The lowest BCUT2D eigenvalue weighted by Crippen LogP contribution is -2.56. The van der Waals surface area contributed by atoms with E-state index in [4.69, 9.17) is 29.1 Å². The van der Waals surface area contributed by atoms with Gasteiger partial charge in [0.2, 0.25) is 17.8 Å². The fourth-order valence-electron chi connectivity index (χ4n) is 10.5. The predicted molar refractivity (Wildman–Crippen MR) is 342 cm³/mol. The highest BCUT2D eigenvalue weighted by molar-refractivity contribution is 7.90. The number of amides is 4. The van der Waals surface area contributed by atoms with E-state index in [9.17, 15) is 32.4 Å². The average Bonchev–Trinajstić information content (AvgIpc) is 1.20. The molecule has 6 aromatic rings. The second kappa shape index (κ2) is 30.1. The summed E-state index contributed by atoms with van der Waals surface area (Å²) in [6.45, 7) is 21.9. The van der Waals surface area contributed by atoms with E-state index in [1.54, 1.807) is 71.0 Å². The molecule has 7 N–H and O–H groups in total. The molecule has 1 aliphatic heterocycles. The molecule has 88 heavy (non-hydrogen) atoms. The number of benzene rings is 6. The van der Waals surface area contributed by atoms with Crippen LogP contribution in [-0.4, -0.2) is 99.8 Å². The SMILES string of the molecule is C=CCOc1ccc2ccccc2c1-c1c(OCC(=O)N[C@H](CCCCNC(=O)OC(C)(C)C)C(=O)N[C@H](CCCNC(=N)NS(=O)(=O)c2c(C)c(C)c3c(c2C)CCC(C)(C)O3)C(=O)N[C@@H](CC=C)C(=O)OCc2ccccc2)ccc2ccccc12. The predicted octanol–water partition coefficient (Wildman–Crippen LogP) is 10.4. The number of nitrogens with one attached hydrogen (secondary N) is 7. The summed E-state index contributed by atoms with van der Waals surface area (Å²) >= 11 is 0. The van der Waals surface area contributed by atoms with Crippen molar-refractivity contribution in [2.45, 2.75) is 148 Å². The highest BCUT2D eigenvalue weighted by Crippen LogP contribution is 2.46. The normalized spacial score (nSPS) is 13.7. The maximum absolute atomic E-state index is 14.8. The van der Waals surface area contributed by atoms with Gasteiger partial charge in [-0.25, -0.2) is 22.7 Å². The molecule has 0 fully saturated rings. The van der Waals surface area contributed by atoms with E-state index in [0.29, 0.717) is 65.2 Å². The molecule has 1 heterocycles. The maximum atomic E-state index is 14.8. The molecular formula is C68H83N7O12S. The van der Waals surface area contributed by atoms with Gasteiger partial charge in [0.15, 0.2) is 6.61 Å². The first kappa shape index (κ1) is 66.6. The Balaban J connectivity index is 1.12. The molecule has 0 aliphatic carbocycles. The number of carbonyl (C=O) groups is 5. The van der Waals surface area contributed by atoms with Gasteiger partial charge in [-0.05, 0) is 168 Å². The first-order chi connectivity index (χ1) is 41.9. The molecule has 20 heteroatoms. The molecule has 7 rings (SSSR count). The van der Waals surface area contributed by atoms with Crippen LogP contribution in [0.3, 0.4) is 0 Å². The van der Waals surface area contributed by atoms with Gasteiger partial charge < -0.3 is 50.3 Å². The van der Waals surface area contributed by atoms with Gasteiger partial charge in [-0.3, -0.25) is 19.8 Å². The van der Waals surface area contributed by atoms with E-state index < -0.39 is 81.7 Å². The lowest BCUT2D eigenvalue weighted by molar-refractivity contribution is -0.149. The Morgan fingerprint density at radius 1 is 0.693 bits per heavy atom. The summed E-state index contributed by atoms with van der Waals surface area (Å²) in [5, 5.41) is 26.1. The summed E-state index contributed by atoms with van der Waals surface area (Å²) in [5.41, 5.74) is 3.53. The third-order valence-electron chi connectivity index (χ3n) is 15.0. The quantitative estimate of drug-likeness (QED) is 0.00794. The van der Waals surface area contributed by atoms with Crippen LogP contribution >= 0.6 is 0 Å². The van der Waals surface area contributed by atoms with Crippen molar-refractivity contribution in [2.24, 2.45) is 0 Å². The first-order valence-corrected chi connectivity index (χ1v) is 31.1. The molecule has 4 amide bonds. The summed E-state index contributed by atoms with van der Waals surface area (Å²) in [6, 6.07) is 28.3. The minimum absolute atomic E-state index is 0.0226. The number of unbranched alkanes of at least 4 members (excludes halogenated alkanes) is 1. The zero-order valence-corrected chi connectivity index (χ0v) is 52.4. The summed E-state index contributed by atoms with van der Waals surface area (Å²) in [7, 11) is -4.28. The van der Waals surface area contributed by atoms with Crippen LogP contribution in [0.1, 0.15) is 107 Å². The van der Waals surface area contributed by atoms with E-state index in [0.717, 1.165) is 38.2 Å². The molecular weight excluding hydrogens is 1140 g/mol. The average molecular weight is 1220 g/mol. The van der Waals surface area contributed by atoms with Crippen LogP contribution in [0.15, 0.2) is 133 Å². The van der Waals surface area contributed by atoms with Gasteiger partial charge in [0.25, 0.3) is 15.9 Å². The van der Waals surface area contributed by atoms with Crippen LogP contribution in [0, 0.1) is 26.2 Å². The Labute approximate surface area is 516 Å². The van der Waals surface area contributed by atoms with Crippen molar-refractivity contribution >= 4 is 67.3 Å². The minimum Gasteiger partial charge on any atom is -0.489 e. The van der Waals surface area contributed by atoms with Crippen LogP contribution < -0.4 is 45.5 Å². The summed E-state index contributed by atoms with van der Waals surface area (Å²) in [4.78, 5) is 69.7. The van der Waals surface area contributed by atoms with Gasteiger partial charge in [-0.1, -0.05) is 110 Å². The molecule has 0 saturated heterocycles. The van der Waals surface area contributed by atoms with Crippen molar-refractivity contribution in [1.29, 1.82) is 5.41 Å². The van der Waals surface area contributed by atoms with Crippen molar-refractivity contribution in [3.8, 4) is 28.4 Å². The number of fused-ring (bicyclic) bond motifs is 3. The fourth-order valence-corrected chi connectivity index (χ4v) is 12.1. The van der Waals surface area contributed by atoms with Gasteiger partial charge in [0.1, 0.15) is 59.8 Å². The number of ether oxygens (including phenoxy) is 5. The van der Waals surface area contributed by atoms with Gasteiger partial charge in [0.05, 0.1) is 4.90 Å². The van der Waals surface area contributed by atoms with Crippen LogP contribution in [0.5, 0.6) is 17.2 Å². The Morgan fingerprint density at radius 2 is 1.27 bits per heavy atom. The van der Waals surface area contributed by atoms with Crippen LogP contribution in [0.25, 0.3) is 32.7 Å². The van der Waals surface area contributed by atoms with E-state index in [2.05, 4.69) is 44.5 Å². The third kappa shape index (κ3) is 17.9. The maximum Gasteiger partial charge on any atom is 0.407 e.